The molecule has 2 atom stereocenters. The first-order chi connectivity index (χ1) is 10.2. The van der Waals surface area contributed by atoms with E-state index in [1.54, 1.807) is 0 Å². The molecule has 0 spiro atoms. The number of carbonyl (C=O) groups excluding carboxylic acids is 1. The molecule has 3 nitrogen and oxygen atoms in total. The van der Waals surface area contributed by atoms with Crippen LogP contribution in [0.3, 0.4) is 0 Å². The Kier molecular flexibility index (Phi) is 4.54. The monoisotopic (exact) mass is 290 g/mol. The summed E-state index contributed by atoms with van der Waals surface area (Å²) in [6, 6.07) is 7.08. The molecule has 4 heteroatoms. The molecule has 2 heterocycles. The maximum absolute atomic E-state index is 13.1. The fraction of sp³-hybridized carbons (Fsp3) is 0.588. The molecule has 0 saturated carbocycles. The van der Waals surface area contributed by atoms with Gasteiger partial charge in [0.25, 0.3) is 0 Å². The highest BCUT2D eigenvalue weighted by atomic mass is 19.1. The van der Waals surface area contributed by atoms with Crippen LogP contribution in [-0.2, 0) is 4.79 Å². The van der Waals surface area contributed by atoms with Crippen molar-refractivity contribution in [2.24, 2.45) is 0 Å². The number of benzene rings is 1. The zero-order valence-electron chi connectivity index (χ0n) is 12.4. The number of amides is 1. The lowest BCUT2D eigenvalue weighted by Crippen LogP contribution is -2.41. The molecule has 2 aliphatic rings. The maximum Gasteiger partial charge on any atom is 0.224 e. The van der Waals surface area contributed by atoms with Crippen molar-refractivity contribution in [3.63, 3.8) is 0 Å². The highest BCUT2D eigenvalue weighted by Gasteiger charge is 2.29. The van der Waals surface area contributed by atoms with Gasteiger partial charge in [-0.15, -0.1) is 0 Å². The Balaban J connectivity index is 1.71. The molecule has 1 amide bonds. The smallest absolute Gasteiger partial charge is 0.224 e. The van der Waals surface area contributed by atoms with Crippen molar-refractivity contribution in [2.45, 2.75) is 50.6 Å². The van der Waals surface area contributed by atoms with Gasteiger partial charge in [-0.05, 0) is 56.3 Å². The van der Waals surface area contributed by atoms with Gasteiger partial charge >= 0.3 is 0 Å². The molecule has 0 aliphatic carbocycles. The standard InChI is InChI=1S/C17H23FN2O/c18-14-8-6-13(7-9-14)16-5-1-2-11-20(16)17(21)12-15-4-3-10-19-15/h6-9,15-16,19H,1-5,10-12H2. The van der Waals surface area contributed by atoms with Gasteiger partial charge in [-0.2, -0.15) is 0 Å². The first-order valence-electron chi connectivity index (χ1n) is 8.02. The van der Waals surface area contributed by atoms with Crippen molar-refractivity contribution in [3.05, 3.63) is 35.6 Å². The van der Waals surface area contributed by atoms with Crippen LogP contribution < -0.4 is 5.32 Å². The average molecular weight is 290 g/mol. The third-order valence-corrected chi connectivity index (χ3v) is 4.66. The number of carbonyl (C=O) groups is 1. The van der Waals surface area contributed by atoms with Gasteiger partial charge in [0, 0.05) is 19.0 Å². The predicted molar refractivity (Wildman–Crippen MR) is 80.3 cm³/mol. The number of likely N-dealkylation sites (tertiary alicyclic amines) is 1. The van der Waals surface area contributed by atoms with Gasteiger partial charge in [0.1, 0.15) is 5.82 Å². The number of rotatable bonds is 3. The lowest BCUT2D eigenvalue weighted by molar-refractivity contribution is -0.135. The summed E-state index contributed by atoms with van der Waals surface area (Å²) in [6.07, 6.45) is 6.04. The third kappa shape index (κ3) is 3.43. The van der Waals surface area contributed by atoms with E-state index in [0.717, 1.165) is 44.3 Å². The highest BCUT2D eigenvalue weighted by Crippen LogP contribution is 2.31. The Morgan fingerprint density at radius 2 is 2.00 bits per heavy atom. The number of hydrogen-bond donors (Lipinski definition) is 1. The fourth-order valence-corrected chi connectivity index (χ4v) is 3.52. The molecule has 0 aromatic heterocycles. The normalized spacial score (nSPS) is 26.0. The second kappa shape index (κ2) is 6.56. The number of piperidine rings is 1. The summed E-state index contributed by atoms with van der Waals surface area (Å²) in [7, 11) is 0. The Morgan fingerprint density at radius 1 is 1.19 bits per heavy atom. The molecule has 21 heavy (non-hydrogen) atoms. The molecule has 2 fully saturated rings. The molecule has 1 N–H and O–H groups in total. The highest BCUT2D eigenvalue weighted by molar-refractivity contribution is 5.77. The molecule has 114 valence electrons. The quantitative estimate of drug-likeness (QED) is 0.928. The van der Waals surface area contributed by atoms with E-state index < -0.39 is 0 Å². The van der Waals surface area contributed by atoms with Crippen LogP contribution in [0.15, 0.2) is 24.3 Å². The summed E-state index contributed by atoms with van der Waals surface area (Å²) < 4.78 is 13.1. The SMILES string of the molecule is O=C(CC1CCCN1)N1CCCCC1c1ccc(F)cc1. The van der Waals surface area contributed by atoms with Crippen LogP contribution in [0.2, 0.25) is 0 Å². The molecule has 0 radical (unpaired) electrons. The van der Waals surface area contributed by atoms with E-state index in [1.807, 2.05) is 17.0 Å². The van der Waals surface area contributed by atoms with E-state index in [9.17, 15) is 9.18 Å². The first-order valence-corrected chi connectivity index (χ1v) is 8.02. The van der Waals surface area contributed by atoms with Gasteiger partial charge in [-0.3, -0.25) is 4.79 Å². The molecule has 2 unspecified atom stereocenters. The number of nitrogens with zero attached hydrogens (tertiary/aromatic N) is 1. The predicted octanol–water partition coefficient (Wildman–Crippen LogP) is 3.02. The van der Waals surface area contributed by atoms with Crippen LogP contribution in [-0.4, -0.2) is 29.9 Å². The van der Waals surface area contributed by atoms with Crippen LogP contribution in [0.5, 0.6) is 0 Å². The van der Waals surface area contributed by atoms with Crippen LogP contribution in [0.1, 0.15) is 50.1 Å². The number of halogens is 1. The average Bonchev–Trinajstić information content (AvgIpc) is 3.01. The number of hydrogen-bond acceptors (Lipinski definition) is 2. The van der Waals surface area contributed by atoms with Crippen molar-refractivity contribution < 1.29 is 9.18 Å². The maximum atomic E-state index is 13.1. The second-order valence-corrected chi connectivity index (χ2v) is 6.15. The zero-order chi connectivity index (χ0) is 14.7. The van der Waals surface area contributed by atoms with E-state index >= 15 is 0 Å². The summed E-state index contributed by atoms with van der Waals surface area (Å²) in [4.78, 5) is 14.6. The molecular weight excluding hydrogens is 267 g/mol. The van der Waals surface area contributed by atoms with Crippen molar-refractivity contribution in [1.29, 1.82) is 0 Å². The number of nitrogens with one attached hydrogen (secondary N) is 1. The summed E-state index contributed by atoms with van der Waals surface area (Å²) in [5, 5.41) is 3.39. The minimum absolute atomic E-state index is 0.119. The molecule has 2 aliphatic heterocycles. The van der Waals surface area contributed by atoms with E-state index in [2.05, 4.69) is 5.32 Å². The van der Waals surface area contributed by atoms with E-state index in [0.29, 0.717) is 12.5 Å². The summed E-state index contributed by atoms with van der Waals surface area (Å²) in [5.74, 6) is 0.0195. The minimum Gasteiger partial charge on any atom is -0.336 e. The zero-order valence-corrected chi connectivity index (χ0v) is 12.4. The van der Waals surface area contributed by atoms with Gasteiger partial charge in [-0.25, -0.2) is 4.39 Å². The van der Waals surface area contributed by atoms with E-state index in [4.69, 9.17) is 0 Å². The van der Waals surface area contributed by atoms with Crippen LogP contribution >= 0.6 is 0 Å². The second-order valence-electron chi connectivity index (χ2n) is 6.15. The topological polar surface area (TPSA) is 32.3 Å². The van der Waals surface area contributed by atoms with Gasteiger partial charge in [0.15, 0.2) is 0 Å². The van der Waals surface area contributed by atoms with Crippen molar-refractivity contribution in [1.82, 2.24) is 10.2 Å². The van der Waals surface area contributed by atoms with Crippen LogP contribution in [0.25, 0.3) is 0 Å². The Hall–Kier alpha value is -1.42. The van der Waals surface area contributed by atoms with Gasteiger partial charge in [0.2, 0.25) is 5.91 Å². The van der Waals surface area contributed by atoms with E-state index in [1.165, 1.54) is 18.6 Å². The molecule has 0 bridgehead atoms. The first kappa shape index (κ1) is 14.5. The lowest BCUT2D eigenvalue weighted by Gasteiger charge is -2.36. The van der Waals surface area contributed by atoms with Gasteiger partial charge in [0.05, 0.1) is 6.04 Å². The van der Waals surface area contributed by atoms with Crippen LogP contribution in [0.4, 0.5) is 4.39 Å². The Bertz CT molecular complexity index is 482. The lowest BCUT2D eigenvalue weighted by atomic mass is 9.94. The summed E-state index contributed by atoms with van der Waals surface area (Å²) in [6.45, 7) is 1.85. The third-order valence-electron chi connectivity index (χ3n) is 4.66. The fourth-order valence-electron chi connectivity index (χ4n) is 3.52. The molecule has 1 aromatic carbocycles. The summed E-state index contributed by atoms with van der Waals surface area (Å²) >= 11 is 0. The van der Waals surface area contributed by atoms with Gasteiger partial charge in [-0.1, -0.05) is 12.1 Å². The molecule has 3 rings (SSSR count). The van der Waals surface area contributed by atoms with Gasteiger partial charge < -0.3 is 10.2 Å². The Labute approximate surface area is 125 Å². The minimum atomic E-state index is -0.220. The van der Waals surface area contributed by atoms with Crippen LogP contribution in [0, 0.1) is 5.82 Å². The van der Waals surface area contributed by atoms with E-state index in [-0.39, 0.29) is 17.8 Å². The molecule has 1 aromatic rings. The van der Waals surface area contributed by atoms with Crippen molar-refractivity contribution in [3.8, 4) is 0 Å². The largest absolute Gasteiger partial charge is 0.336 e. The molecular formula is C17H23FN2O. The van der Waals surface area contributed by atoms with Crippen molar-refractivity contribution >= 4 is 5.91 Å². The van der Waals surface area contributed by atoms with Crippen molar-refractivity contribution in [2.75, 3.05) is 13.1 Å². The summed E-state index contributed by atoms with van der Waals surface area (Å²) in [5.41, 5.74) is 1.06. The Morgan fingerprint density at radius 3 is 2.71 bits per heavy atom. The molecule has 2 saturated heterocycles.